The molecule has 0 spiro atoms. The Bertz CT molecular complexity index is 1710. The van der Waals surface area contributed by atoms with Gasteiger partial charge < -0.3 is 0 Å². The van der Waals surface area contributed by atoms with E-state index in [1.165, 1.54) is 0 Å². The topological polar surface area (TPSA) is 17.1 Å². The molecule has 0 N–H and O–H groups in total. The summed E-state index contributed by atoms with van der Waals surface area (Å²) in [6.07, 6.45) is 0. The van der Waals surface area contributed by atoms with Gasteiger partial charge >= 0.3 is 5.27 Å². The van der Waals surface area contributed by atoms with Crippen molar-refractivity contribution in [1.82, 2.24) is 0 Å². The van der Waals surface area contributed by atoms with Crippen LogP contribution in [0, 0.1) is 0 Å². The van der Waals surface area contributed by atoms with Crippen LogP contribution in [0.4, 0.5) is 4.79 Å². The molecule has 0 radical (unpaired) electrons. The van der Waals surface area contributed by atoms with Crippen LogP contribution in [0.2, 0.25) is 15.1 Å². The Kier molecular flexibility index (Phi) is 8.83. The second kappa shape index (κ2) is 12.8. The predicted molar refractivity (Wildman–Crippen MR) is 191 cm³/mol. The van der Waals surface area contributed by atoms with Gasteiger partial charge in [0, 0.05) is 0 Å². The molecule has 0 heterocycles. The van der Waals surface area contributed by atoms with Crippen molar-refractivity contribution in [2.24, 2.45) is 0 Å². The molecule has 6 aromatic rings. The van der Waals surface area contributed by atoms with Crippen LogP contribution in [0.5, 0.6) is 0 Å². The largest absolute Gasteiger partial charge is 0.426 e. The van der Waals surface area contributed by atoms with Crippen LogP contribution < -0.4 is 31.8 Å². The number of carbonyl (C=O) groups excluding carboxylic acids is 1. The molecule has 0 aliphatic carbocycles. The molecule has 0 fully saturated rings. The van der Waals surface area contributed by atoms with Gasteiger partial charge in [-0.15, -0.1) is 0 Å². The predicted octanol–water partition coefficient (Wildman–Crippen LogP) is 9.05. The molecule has 210 valence electrons. The fourth-order valence-corrected chi connectivity index (χ4v) is 17.5. The minimum absolute atomic E-state index is 0.126. The monoisotopic (exact) mass is 654 g/mol. The summed E-state index contributed by atoms with van der Waals surface area (Å²) >= 11 is 20.5. The van der Waals surface area contributed by atoms with Gasteiger partial charge in [-0.1, -0.05) is 126 Å². The van der Waals surface area contributed by atoms with E-state index in [1.54, 1.807) is 6.07 Å². The molecule has 0 bridgehead atoms. The summed E-state index contributed by atoms with van der Waals surface area (Å²) in [5.74, 6) is 0. The smallest absolute Gasteiger partial charge is 0.208 e. The Morgan fingerprint density at radius 3 is 1.00 bits per heavy atom. The molecule has 1 nitrogen and oxygen atoms in total. The average molecular weight is 656 g/mol. The van der Waals surface area contributed by atoms with Gasteiger partial charge in [0.2, 0.25) is 14.5 Å². The summed E-state index contributed by atoms with van der Waals surface area (Å²) in [4.78, 5) is 16.6. The fourth-order valence-electron chi connectivity index (χ4n) is 5.79. The van der Waals surface area contributed by atoms with Gasteiger partial charge in [-0.25, -0.2) is 4.79 Å². The lowest BCUT2D eigenvalue weighted by molar-refractivity contribution is 0.275. The van der Waals surface area contributed by atoms with Gasteiger partial charge in [0.1, 0.15) is 36.8 Å². The molecular weight excluding hydrogens is 629 g/mol. The van der Waals surface area contributed by atoms with Crippen molar-refractivity contribution in [1.29, 1.82) is 0 Å². The first-order valence-electron chi connectivity index (χ1n) is 13.8. The lowest BCUT2D eigenvalue weighted by Gasteiger charge is -2.32. The molecule has 0 atom stereocenters. The molecular formula is C37H27Cl3OP2+2. The molecule has 0 aromatic heterocycles. The maximum Gasteiger partial charge on any atom is 0.426 e. The second-order valence-electron chi connectivity index (χ2n) is 10.00. The number of halogens is 3. The number of carbonyl (C=O) groups is 1. The lowest BCUT2D eigenvalue weighted by atomic mass is 10.3. The van der Waals surface area contributed by atoms with Crippen LogP contribution in [0.3, 0.4) is 0 Å². The third kappa shape index (κ3) is 5.05. The van der Waals surface area contributed by atoms with Crippen LogP contribution in [0.25, 0.3) is 0 Å². The van der Waals surface area contributed by atoms with E-state index in [9.17, 15) is 0 Å². The van der Waals surface area contributed by atoms with Crippen LogP contribution in [0.1, 0.15) is 0 Å². The summed E-state index contributed by atoms with van der Waals surface area (Å²) in [5, 5.41) is 6.44. The van der Waals surface area contributed by atoms with E-state index in [-0.39, 0.29) is 10.3 Å². The zero-order valence-electron chi connectivity index (χ0n) is 23.0. The summed E-state index contributed by atoms with van der Waals surface area (Å²) in [5.41, 5.74) is 0. The van der Waals surface area contributed by atoms with Crippen LogP contribution >= 0.6 is 49.3 Å². The SMILES string of the molecule is O=C([P+](c1ccccc1)(c1ccccc1)c1ccccc1)[P+](c1ccccc1)(c1ccccc1)c1ccc(Cl)c(Cl)c1Cl. The van der Waals surface area contributed by atoms with Crippen molar-refractivity contribution in [2.45, 2.75) is 0 Å². The Balaban J connectivity index is 1.86. The first-order chi connectivity index (χ1) is 21.0. The van der Waals surface area contributed by atoms with E-state index < -0.39 is 14.5 Å². The van der Waals surface area contributed by atoms with Crippen LogP contribution in [-0.4, -0.2) is 5.27 Å². The lowest BCUT2D eigenvalue weighted by Crippen LogP contribution is -2.44. The normalized spacial score (nSPS) is 11.7. The third-order valence-corrected chi connectivity index (χ3v) is 18.5. The van der Waals surface area contributed by atoms with E-state index >= 15 is 4.79 Å². The molecule has 0 aliphatic heterocycles. The van der Waals surface area contributed by atoms with Crippen LogP contribution in [-0.2, 0) is 0 Å². The van der Waals surface area contributed by atoms with Crippen LogP contribution in [0.15, 0.2) is 164 Å². The number of benzene rings is 6. The highest BCUT2D eigenvalue weighted by molar-refractivity contribution is 8.30. The summed E-state index contributed by atoms with van der Waals surface area (Å²) < 4.78 is 0. The van der Waals surface area contributed by atoms with Gasteiger partial charge in [0.15, 0.2) is 0 Å². The highest BCUT2D eigenvalue weighted by Crippen LogP contribution is 2.73. The van der Waals surface area contributed by atoms with E-state index in [0.29, 0.717) is 15.3 Å². The standard InChI is InChI=1S/C37H27Cl3OP2/c38-33-26-27-34(36(40)35(33)39)43(31-22-12-4-13-23-31,32-24-14-5-15-25-32)37(41)42(28-16-6-1-7-17-28,29-18-8-2-9-19-29)30-20-10-3-11-21-30/h1-27H/q+2. The van der Waals surface area contributed by atoms with Crippen molar-refractivity contribution in [2.75, 3.05) is 0 Å². The second-order valence-corrected chi connectivity index (χ2v) is 18.1. The maximum absolute atomic E-state index is 16.6. The van der Waals surface area contributed by atoms with Gasteiger partial charge in [-0.2, -0.15) is 0 Å². The highest BCUT2D eigenvalue weighted by atomic mass is 35.5. The molecule has 43 heavy (non-hydrogen) atoms. The van der Waals surface area contributed by atoms with Gasteiger partial charge in [0.25, 0.3) is 0 Å². The molecule has 0 aliphatic rings. The number of hydrogen-bond donors (Lipinski definition) is 0. The van der Waals surface area contributed by atoms with Crippen molar-refractivity contribution >= 4 is 86.4 Å². The van der Waals surface area contributed by atoms with E-state index in [4.69, 9.17) is 34.8 Å². The van der Waals surface area contributed by atoms with Gasteiger partial charge in [-0.3, -0.25) is 0 Å². The van der Waals surface area contributed by atoms with Crippen molar-refractivity contribution in [3.8, 4) is 0 Å². The van der Waals surface area contributed by atoms with E-state index in [0.717, 1.165) is 26.5 Å². The average Bonchev–Trinajstić information content (AvgIpc) is 3.08. The quantitative estimate of drug-likeness (QED) is 0.118. The minimum atomic E-state index is -3.21. The van der Waals surface area contributed by atoms with E-state index in [2.05, 4.69) is 36.4 Å². The molecule has 6 aromatic carbocycles. The van der Waals surface area contributed by atoms with Crippen molar-refractivity contribution in [3.63, 3.8) is 0 Å². The Morgan fingerprint density at radius 2 is 0.674 bits per heavy atom. The summed E-state index contributed by atoms with van der Waals surface area (Å²) in [6, 6.07) is 54.3. The Morgan fingerprint density at radius 1 is 0.372 bits per heavy atom. The minimum Gasteiger partial charge on any atom is -0.208 e. The highest BCUT2D eigenvalue weighted by Gasteiger charge is 2.70. The molecule has 0 saturated heterocycles. The summed E-state index contributed by atoms with van der Waals surface area (Å²) in [6.45, 7) is 0. The summed E-state index contributed by atoms with van der Waals surface area (Å²) in [7, 11) is -6.24. The first-order valence-corrected chi connectivity index (χ1v) is 18.5. The molecule has 0 amide bonds. The van der Waals surface area contributed by atoms with Crippen molar-refractivity contribution in [3.05, 3.63) is 179 Å². The number of rotatable bonds is 8. The fraction of sp³-hybridized carbons (Fsp3) is 0. The molecule has 6 heteroatoms. The zero-order valence-corrected chi connectivity index (χ0v) is 27.1. The van der Waals surface area contributed by atoms with Gasteiger partial charge in [0.05, 0.1) is 10.0 Å². The third-order valence-electron chi connectivity index (χ3n) is 7.67. The first kappa shape index (κ1) is 29.8. The maximum atomic E-state index is 16.6. The van der Waals surface area contributed by atoms with Gasteiger partial charge in [-0.05, 0) is 72.8 Å². The Labute approximate surface area is 268 Å². The molecule has 0 unspecified atom stereocenters. The number of hydrogen-bond acceptors (Lipinski definition) is 1. The van der Waals surface area contributed by atoms with E-state index in [1.807, 2.05) is 121 Å². The Hall–Kier alpha value is -3.28. The zero-order chi connectivity index (χ0) is 29.9. The molecule has 6 rings (SSSR count). The van der Waals surface area contributed by atoms with Crippen molar-refractivity contribution < 1.29 is 4.79 Å². The molecule has 0 saturated carbocycles.